The SMILES string of the molecule is CNCCC=CCCc1ccc2c(c1)CCO2. The highest BCUT2D eigenvalue weighted by Gasteiger charge is 2.11. The Morgan fingerprint density at radius 2 is 2.18 bits per heavy atom. The van der Waals surface area contributed by atoms with Gasteiger partial charge in [0.25, 0.3) is 0 Å². The molecule has 92 valence electrons. The van der Waals surface area contributed by atoms with Gasteiger partial charge < -0.3 is 10.1 Å². The molecule has 1 aliphatic rings. The molecule has 1 heterocycles. The first-order valence-electron chi connectivity index (χ1n) is 6.44. The van der Waals surface area contributed by atoms with E-state index in [9.17, 15) is 0 Å². The maximum atomic E-state index is 5.50. The van der Waals surface area contributed by atoms with E-state index in [2.05, 4.69) is 35.7 Å². The van der Waals surface area contributed by atoms with Crippen molar-refractivity contribution in [2.24, 2.45) is 0 Å². The predicted molar refractivity (Wildman–Crippen MR) is 71.6 cm³/mol. The minimum Gasteiger partial charge on any atom is -0.493 e. The maximum Gasteiger partial charge on any atom is 0.122 e. The summed E-state index contributed by atoms with van der Waals surface area (Å²) in [6, 6.07) is 6.59. The fourth-order valence-electron chi connectivity index (χ4n) is 2.11. The molecule has 1 aromatic carbocycles. The second kappa shape index (κ2) is 6.45. The van der Waals surface area contributed by atoms with Gasteiger partial charge in [-0.05, 0) is 50.0 Å². The summed E-state index contributed by atoms with van der Waals surface area (Å²) < 4.78 is 5.50. The fourth-order valence-corrected chi connectivity index (χ4v) is 2.11. The van der Waals surface area contributed by atoms with E-state index in [0.717, 1.165) is 44.6 Å². The first-order valence-corrected chi connectivity index (χ1v) is 6.44. The van der Waals surface area contributed by atoms with Gasteiger partial charge in [0.1, 0.15) is 5.75 Å². The Hall–Kier alpha value is -1.28. The van der Waals surface area contributed by atoms with E-state index in [1.54, 1.807) is 0 Å². The van der Waals surface area contributed by atoms with Crippen LogP contribution < -0.4 is 10.1 Å². The molecule has 1 aliphatic heterocycles. The topological polar surface area (TPSA) is 21.3 Å². The zero-order valence-corrected chi connectivity index (χ0v) is 10.5. The predicted octanol–water partition coefficient (Wildman–Crippen LogP) is 2.72. The van der Waals surface area contributed by atoms with Gasteiger partial charge in [-0.1, -0.05) is 24.3 Å². The van der Waals surface area contributed by atoms with Crippen molar-refractivity contribution in [3.63, 3.8) is 0 Å². The van der Waals surface area contributed by atoms with Crippen LogP contribution in [0.15, 0.2) is 30.4 Å². The van der Waals surface area contributed by atoms with Crippen LogP contribution in [0.3, 0.4) is 0 Å². The van der Waals surface area contributed by atoms with Crippen LogP contribution in [-0.4, -0.2) is 20.2 Å². The number of nitrogens with one attached hydrogen (secondary N) is 1. The quantitative estimate of drug-likeness (QED) is 0.600. The van der Waals surface area contributed by atoms with Crippen molar-refractivity contribution in [1.29, 1.82) is 0 Å². The van der Waals surface area contributed by atoms with E-state index >= 15 is 0 Å². The van der Waals surface area contributed by atoms with Crippen LogP contribution in [0.1, 0.15) is 24.0 Å². The molecule has 0 bridgehead atoms. The average molecular weight is 231 g/mol. The van der Waals surface area contributed by atoms with Crippen LogP contribution in [0.5, 0.6) is 5.75 Å². The molecule has 0 fully saturated rings. The average Bonchev–Trinajstić information content (AvgIpc) is 2.81. The van der Waals surface area contributed by atoms with Crippen molar-refractivity contribution < 1.29 is 4.74 Å². The second-order valence-electron chi connectivity index (χ2n) is 4.44. The summed E-state index contributed by atoms with van der Waals surface area (Å²) in [6.07, 6.45) is 8.98. The number of ether oxygens (including phenoxy) is 1. The third-order valence-electron chi connectivity index (χ3n) is 3.08. The van der Waals surface area contributed by atoms with Crippen LogP contribution >= 0.6 is 0 Å². The Morgan fingerprint density at radius 1 is 1.29 bits per heavy atom. The summed E-state index contributed by atoms with van der Waals surface area (Å²) in [6.45, 7) is 1.91. The zero-order chi connectivity index (χ0) is 11.9. The number of rotatable bonds is 6. The summed E-state index contributed by atoms with van der Waals surface area (Å²) in [4.78, 5) is 0. The summed E-state index contributed by atoms with van der Waals surface area (Å²) >= 11 is 0. The molecule has 0 amide bonds. The van der Waals surface area contributed by atoms with E-state index in [1.165, 1.54) is 11.1 Å². The highest BCUT2D eigenvalue weighted by molar-refractivity contribution is 5.39. The molecule has 2 nitrogen and oxygen atoms in total. The van der Waals surface area contributed by atoms with Crippen molar-refractivity contribution in [2.45, 2.75) is 25.7 Å². The molecule has 0 aromatic heterocycles. The summed E-state index contributed by atoms with van der Waals surface area (Å²) in [7, 11) is 1.99. The van der Waals surface area contributed by atoms with Crippen LogP contribution in [-0.2, 0) is 12.8 Å². The van der Waals surface area contributed by atoms with Gasteiger partial charge in [-0.2, -0.15) is 0 Å². The Balaban J connectivity index is 1.77. The largest absolute Gasteiger partial charge is 0.493 e. The number of allylic oxidation sites excluding steroid dienone is 1. The van der Waals surface area contributed by atoms with Crippen molar-refractivity contribution >= 4 is 0 Å². The summed E-state index contributed by atoms with van der Waals surface area (Å²) in [5, 5.41) is 3.14. The van der Waals surface area contributed by atoms with Gasteiger partial charge >= 0.3 is 0 Å². The number of hydrogen-bond acceptors (Lipinski definition) is 2. The molecule has 1 N–H and O–H groups in total. The molecule has 2 heteroatoms. The highest BCUT2D eigenvalue weighted by Crippen LogP contribution is 2.26. The third-order valence-corrected chi connectivity index (χ3v) is 3.08. The van der Waals surface area contributed by atoms with Gasteiger partial charge in [-0.15, -0.1) is 0 Å². The lowest BCUT2D eigenvalue weighted by molar-refractivity contribution is 0.357. The smallest absolute Gasteiger partial charge is 0.122 e. The molecule has 0 aliphatic carbocycles. The van der Waals surface area contributed by atoms with Gasteiger partial charge in [-0.25, -0.2) is 0 Å². The number of benzene rings is 1. The minimum atomic E-state index is 0.850. The Bertz CT molecular complexity index is 385. The minimum absolute atomic E-state index is 0.850. The normalized spacial score (nSPS) is 13.9. The van der Waals surface area contributed by atoms with Crippen LogP contribution in [0.25, 0.3) is 0 Å². The molecular weight excluding hydrogens is 210 g/mol. The molecule has 0 saturated carbocycles. The van der Waals surface area contributed by atoms with Gasteiger partial charge in [0.2, 0.25) is 0 Å². The monoisotopic (exact) mass is 231 g/mol. The molecule has 0 saturated heterocycles. The number of fused-ring (bicyclic) bond motifs is 1. The molecule has 0 radical (unpaired) electrons. The van der Waals surface area contributed by atoms with E-state index in [-0.39, 0.29) is 0 Å². The first-order chi connectivity index (χ1) is 8.40. The molecule has 0 spiro atoms. The van der Waals surface area contributed by atoms with E-state index in [0.29, 0.717) is 0 Å². The van der Waals surface area contributed by atoms with E-state index < -0.39 is 0 Å². The lowest BCUT2D eigenvalue weighted by Crippen LogP contribution is -2.05. The van der Waals surface area contributed by atoms with E-state index in [1.807, 2.05) is 7.05 Å². The number of aryl methyl sites for hydroxylation is 1. The zero-order valence-electron chi connectivity index (χ0n) is 10.5. The second-order valence-corrected chi connectivity index (χ2v) is 4.44. The third kappa shape index (κ3) is 3.60. The molecule has 1 aromatic rings. The first kappa shape index (κ1) is 12.2. The van der Waals surface area contributed by atoms with Gasteiger partial charge in [0.05, 0.1) is 6.61 Å². The van der Waals surface area contributed by atoms with Crippen LogP contribution in [0.4, 0.5) is 0 Å². The molecule has 17 heavy (non-hydrogen) atoms. The summed E-state index contributed by atoms with van der Waals surface area (Å²) in [5.74, 6) is 1.08. The Labute approximate surface area is 104 Å². The lowest BCUT2D eigenvalue weighted by Gasteiger charge is -2.02. The lowest BCUT2D eigenvalue weighted by atomic mass is 10.0. The molecular formula is C15H21NO. The van der Waals surface area contributed by atoms with Gasteiger partial charge in [0, 0.05) is 6.42 Å². The summed E-state index contributed by atoms with van der Waals surface area (Å²) in [5.41, 5.74) is 2.80. The van der Waals surface area contributed by atoms with Crippen molar-refractivity contribution in [3.8, 4) is 5.75 Å². The molecule has 0 unspecified atom stereocenters. The fraction of sp³-hybridized carbons (Fsp3) is 0.467. The Kier molecular flexibility index (Phi) is 4.63. The van der Waals surface area contributed by atoms with Crippen LogP contribution in [0.2, 0.25) is 0 Å². The number of hydrogen-bond donors (Lipinski definition) is 1. The van der Waals surface area contributed by atoms with Crippen LogP contribution in [0, 0.1) is 0 Å². The molecule has 2 rings (SSSR count). The highest BCUT2D eigenvalue weighted by atomic mass is 16.5. The van der Waals surface area contributed by atoms with Crippen molar-refractivity contribution in [3.05, 3.63) is 41.5 Å². The van der Waals surface area contributed by atoms with Crippen molar-refractivity contribution in [1.82, 2.24) is 5.32 Å². The Morgan fingerprint density at radius 3 is 3.06 bits per heavy atom. The van der Waals surface area contributed by atoms with Gasteiger partial charge in [-0.3, -0.25) is 0 Å². The van der Waals surface area contributed by atoms with E-state index in [4.69, 9.17) is 4.74 Å². The molecule has 0 atom stereocenters. The van der Waals surface area contributed by atoms with Crippen molar-refractivity contribution in [2.75, 3.05) is 20.2 Å². The standard InChI is InChI=1S/C15H21NO/c1-16-10-5-3-2-4-6-13-7-8-15-14(12-13)9-11-17-15/h2-3,7-8,12,16H,4-6,9-11H2,1H3. The van der Waals surface area contributed by atoms with Gasteiger partial charge in [0.15, 0.2) is 0 Å². The maximum absolute atomic E-state index is 5.50.